The molecule has 0 radical (unpaired) electrons. The van der Waals surface area contributed by atoms with Crippen molar-refractivity contribution in [1.82, 2.24) is 0 Å². The van der Waals surface area contributed by atoms with Gasteiger partial charge in [-0.1, -0.05) is 37.3 Å². The molecule has 100 valence electrons. The third-order valence-electron chi connectivity index (χ3n) is 3.79. The van der Waals surface area contributed by atoms with E-state index in [1.807, 2.05) is 50.2 Å². The summed E-state index contributed by atoms with van der Waals surface area (Å²) in [6, 6.07) is 14.0. The fourth-order valence-corrected chi connectivity index (χ4v) is 1.95. The van der Waals surface area contributed by atoms with Gasteiger partial charge in [-0.2, -0.15) is 0 Å². The molecule has 0 aliphatic rings. The lowest BCUT2D eigenvalue weighted by Gasteiger charge is -2.25. The van der Waals surface area contributed by atoms with Gasteiger partial charge >= 0.3 is 0 Å². The Hall–Kier alpha value is -1.87. The normalized spacial score (nSPS) is 14.1. The number of rotatable bonds is 4. The molecule has 0 heterocycles. The Morgan fingerprint density at radius 2 is 1.89 bits per heavy atom. The highest BCUT2D eigenvalue weighted by molar-refractivity contribution is 5.97. The van der Waals surface area contributed by atoms with Gasteiger partial charge in [0.2, 0.25) is 5.91 Å². The standard InChI is InChI=1S/C16H20N2O/c1-3-16(2,11-17)15(19)18-14-9-8-12-6-4-5-7-13(12)10-14/h4-10H,3,11,17H2,1-2H3,(H,18,19). The minimum atomic E-state index is -0.508. The molecule has 1 atom stereocenters. The van der Waals surface area contributed by atoms with Crippen LogP contribution < -0.4 is 11.1 Å². The molecule has 0 aliphatic heterocycles. The zero-order valence-electron chi connectivity index (χ0n) is 11.4. The first-order valence-electron chi connectivity index (χ1n) is 6.59. The largest absolute Gasteiger partial charge is 0.329 e. The maximum absolute atomic E-state index is 12.2. The first kappa shape index (κ1) is 13.6. The molecule has 1 unspecified atom stereocenters. The Kier molecular flexibility index (Phi) is 3.86. The molecule has 0 fully saturated rings. The van der Waals surface area contributed by atoms with E-state index < -0.39 is 5.41 Å². The average molecular weight is 256 g/mol. The summed E-state index contributed by atoms with van der Waals surface area (Å²) < 4.78 is 0. The van der Waals surface area contributed by atoms with Crippen molar-refractivity contribution in [2.45, 2.75) is 20.3 Å². The van der Waals surface area contributed by atoms with Gasteiger partial charge in [-0.3, -0.25) is 4.79 Å². The lowest BCUT2D eigenvalue weighted by atomic mass is 9.86. The van der Waals surface area contributed by atoms with Gasteiger partial charge in [0.05, 0.1) is 5.41 Å². The van der Waals surface area contributed by atoms with Gasteiger partial charge in [-0.15, -0.1) is 0 Å². The van der Waals surface area contributed by atoms with Crippen molar-refractivity contribution in [3.05, 3.63) is 42.5 Å². The van der Waals surface area contributed by atoms with Gasteiger partial charge in [0, 0.05) is 12.2 Å². The molecule has 3 heteroatoms. The van der Waals surface area contributed by atoms with Crippen molar-refractivity contribution in [2.75, 3.05) is 11.9 Å². The Morgan fingerprint density at radius 3 is 2.53 bits per heavy atom. The fourth-order valence-electron chi connectivity index (χ4n) is 1.95. The summed E-state index contributed by atoms with van der Waals surface area (Å²) in [4.78, 5) is 12.2. The first-order valence-corrected chi connectivity index (χ1v) is 6.59. The second-order valence-electron chi connectivity index (χ2n) is 5.13. The van der Waals surface area contributed by atoms with E-state index in [2.05, 4.69) is 11.4 Å². The lowest BCUT2D eigenvalue weighted by Crippen LogP contribution is -2.39. The van der Waals surface area contributed by atoms with Crippen molar-refractivity contribution < 1.29 is 4.79 Å². The predicted octanol–water partition coefficient (Wildman–Crippen LogP) is 3.15. The third-order valence-corrected chi connectivity index (χ3v) is 3.79. The average Bonchev–Trinajstić information content (AvgIpc) is 2.46. The molecule has 1 amide bonds. The number of carbonyl (C=O) groups excluding carboxylic acids is 1. The van der Waals surface area contributed by atoms with E-state index >= 15 is 0 Å². The quantitative estimate of drug-likeness (QED) is 0.883. The number of anilines is 1. The van der Waals surface area contributed by atoms with E-state index in [0.717, 1.165) is 22.9 Å². The molecule has 0 bridgehead atoms. The summed E-state index contributed by atoms with van der Waals surface area (Å²) in [5.41, 5.74) is 6.01. The molecule has 3 nitrogen and oxygen atoms in total. The van der Waals surface area contributed by atoms with Crippen molar-refractivity contribution in [3.63, 3.8) is 0 Å². The fraction of sp³-hybridized carbons (Fsp3) is 0.312. The molecule has 0 saturated heterocycles. The molecule has 0 aliphatic carbocycles. The topological polar surface area (TPSA) is 55.1 Å². The molecular weight excluding hydrogens is 236 g/mol. The van der Waals surface area contributed by atoms with Gasteiger partial charge in [-0.05, 0) is 36.2 Å². The molecule has 2 aromatic rings. The highest BCUT2D eigenvalue weighted by atomic mass is 16.2. The number of benzene rings is 2. The summed E-state index contributed by atoms with van der Waals surface area (Å²) >= 11 is 0. The maximum atomic E-state index is 12.2. The van der Waals surface area contributed by atoms with E-state index in [-0.39, 0.29) is 5.91 Å². The number of fused-ring (bicyclic) bond motifs is 1. The van der Waals surface area contributed by atoms with Crippen LogP contribution in [-0.4, -0.2) is 12.5 Å². The molecule has 2 rings (SSSR count). The lowest BCUT2D eigenvalue weighted by molar-refractivity contribution is -0.124. The minimum Gasteiger partial charge on any atom is -0.329 e. The van der Waals surface area contributed by atoms with Crippen LogP contribution in [0.3, 0.4) is 0 Å². The second kappa shape index (κ2) is 5.41. The van der Waals surface area contributed by atoms with Crippen LogP contribution in [0.4, 0.5) is 5.69 Å². The smallest absolute Gasteiger partial charge is 0.231 e. The molecule has 0 saturated carbocycles. The number of nitrogens with two attached hydrogens (primary N) is 1. The van der Waals surface area contributed by atoms with E-state index in [4.69, 9.17) is 5.73 Å². The molecular formula is C16H20N2O. The van der Waals surface area contributed by atoms with Crippen LogP contribution in [0, 0.1) is 5.41 Å². The van der Waals surface area contributed by atoms with Gasteiger partial charge < -0.3 is 11.1 Å². The number of amides is 1. The van der Waals surface area contributed by atoms with Gasteiger partial charge in [0.25, 0.3) is 0 Å². The zero-order chi connectivity index (χ0) is 13.9. The van der Waals surface area contributed by atoms with Crippen LogP contribution in [0.25, 0.3) is 10.8 Å². The number of hydrogen-bond donors (Lipinski definition) is 2. The van der Waals surface area contributed by atoms with Crippen molar-refractivity contribution in [2.24, 2.45) is 11.1 Å². The van der Waals surface area contributed by atoms with Crippen molar-refractivity contribution in [1.29, 1.82) is 0 Å². The van der Waals surface area contributed by atoms with Crippen LogP contribution in [0.5, 0.6) is 0 Å². The Labute approximate surface area is 113 Å². The first-order chi connectivity index (χ1) is 9.09. The Morgan fingerprint density at radius 1 is 1.21 bits per heavy atom. The van der Waals surface area contributed by atoms with Crippen molar-refractivity contribution >= 4 is 22.4 Å². The predicted molar refractivity (Wildman–Crippen MR) is 80.0 cm³/mol. The molecule has 0 aromatic heterocycles. The van der Waals surface area contributed by atoms with Gasteiger partial charge in [-0.25, -0.2) is 0 Å². The Bertz CT molecular complexity index is 588. The van der Waals surface area contributed by atoms with Crippen LogP contribution in [0.15, 0.2) is 42.5 Å². The van der Waals surface area contributed by atoms with Gasteiger partial charge in [0.15, 0.2) is 0 Å². The van der Waals surface area contributed by atoms with E-state index in [0.29, 0.717) is 6.54 Å². The summed E-state index contributed by atoms with van der Waals surface area (Å²) in [5, 5.41) is 5.24. The van der Waals surface area contributed by atoms with E-state index in [9.17, 15) is 4.79 Å². The maximum Gasteiger partial charge on any atom is 0.231 e. The minimum absolute atomic E-state index is 0.0206. The van der Waals surface area contributed by atoms with Crippen LogP contribution in [-0.2, 0) is 4.79 Å². The van der Waals surface area contributed by atoms with Crippen LogP contribution in [0.2, 0.25) is 0 Å². The summed E-state index contributed by atoms with van der Waals surface area (Å²) in [6.45, 7) is 4.22. The number of hydrogen-bond acceptors (Lipinski definition) is 2. The van der Waals surface area contributed by atoms with Crippen LogP contribution in [0.1, 0.15) is 20.3 Å². The van der Waals surface area contributed by atoms with Crippen LogP contribution >= 0.6 is 0 Å². The highest BCUT2D eigenvalue weighted by Crippen LogP contribution is 2.24. The molecule has 2 aromatic carbocycles. The summed E-state index contributed by atoms with van der Waals surface area (Å²) in [7, 11) is 0. The molecule has 3 N–H and O–H groups in total. The number of carbonyl (C=O) groups is 1. The zero-order valence-corrected chi connectivity index (χ0v) is 11.4. The monoisotopic (exact) mass is 256 g/mol. The van der Waals surface area contributed by atoms with E-state index in [1.54, 1.807) is 0 Å². The van der Waals surface area contributed by atoms with Gasteiger partial charge in [0.1, 0.15) is 0 Å². The SMILES string of the molecule is CCC(C)(CN)C(=O)Nc1ccc2ccccc2c1. The Balaban J connectivity index is 2.24. The highest BCUT2D eigenvalue weighted by Gasteiger charge is 2.29. The third kappa shape index (κ3) is 2.76. The van der Waals surface area contributed by atoms with Crippen molar-refractivity contribution in [3.8, 4) is 0 Å². The second-order valence-corrected chi connectivity index (χ2v) is 5.13. The number of nitrogens with one attached hydrogen (secondary N) is 1. The van der Waals surface area contributed by atoms with E-state index in [1.165, 1.54) is 0 Å². The molecule has 19 heavy (non-hydrogen) atoms. The summed E-state index contributed by atoms with van der Waals surface area (Å²) in [5.74, 6) is -0.0206. The molecule has 0 spiro atoms. The summed E-state index contributed by atoms with van der Waals surface area (Å²) in [6.07, 6.45) is 0.725.